The molecular weight excluding hydrogens is 166 g/mol. The van der Waals surface area contributed by atoms with Crippen LogP contribution in [-0.2, 0) is 0 Å². The van der Waals surface area contributed by atoms with Gasteiger partial charge in [-0.05, 0) is 5.92 Å². The van der Waals surface area contributed by atoms with Crippen LogP contribution in [0.5, 0.6) is 0 Å². The molecule has 0 spiro atoms. The van der Waals surface area contributed by atoms with Crippen molar-refractivity contribution in [3.05, 3.63) is 12.2 Å². The fraction of sp³-hybridized carbons (Fsp3) is 0.800. The Morgan fingerprint density at radius 3 is 3.00 bits per heavy atom. The van der Waals surface area contributed by atoms with Crippen LogP contribution in [0.2, 0.25) is 0 Å². The average molecular weight is 185 g/mol. The molecule has 0 N–H and O–H groups in total. The molecule has 1 heterocycles. The third-order valence-electron chi connectivity index (χ3n) is 2.30. The van der Waals surface area contributed by atoms with Gasteiger partial charge in [-0.15, -0.1) is 11.8 Å². The van der Waals surface area contributed by atoms with Crippen molar-refractivity contribution in [1.29, 1.82) is 0 Å². The first-order valence-corrected chi connectivity index (χ1v) is 5.95. The maximum Gasteiger partial charge on any atom is 0.0448 e. The first-order chi connectivity index (χ1) is 5.83. The molecule has 1 atom stereocenters. The number of rotatable bonds is 4. The maximum atomic E-state index is 2.49. The van der Waals surface area contributed by atoms with E-state index < -0.39 is 0 Å². The van der Waals surface area contributed by atoms with Crippen molar-refractivity contribution in [2.45, 2.75) is 20.3 Å². The van der Waals surface area contributed by atoms with Gasteiger partial charge in [0, 0.05) is 24.7 Å². The Bertz CT molecular complexity index is 139. The summed E-state index contributed by atoms with van der Waals surface area (Å²) >= 11 is 2.04. The molecule has 0 aromatic rings. The summed E-state index contributed by atoms with van der Waals surface area (Å²) in [5.41, 5.74) is 0. The van der Waals surface area contributed by atoms with Gasteiger partial charge in [0.15, 0.2) is 0 Å². The number of hydrogen-bond donors (Lipinski definition) is 0. The quantitative estimate of drug-likeness (QED) is 0.619. The first kappa shape index (κ1) is 10.1. The molecule has 2 heteroatoms. The second kappa shape index (κ2) is 5.65. The fourth-order valence-corrected chi connectivity index (χ4v) is 2.18. The highest BCUT2D eigenvalue weighted by Crippen LogP contribution is 2.12. The number of thioether (sulfide) groups is 1. The van der Waals surface area contributed by atoms with Crippen molar-refractivity contribution in [3.63, 3.8) is 0 Å². The van der Waals surface area contributed by atoms with Gasteiger partial charge in [0.1, 0.15) is 0 Å². The van der Waals surface area contributed by atoms with Gasteiger partial charge in [0.25, 0.3) is 0 Å². The third-order valence-corrected chi connectivity index (χ3v) is 3.32. The molecule has 1 aliphatic heterocycles. The lowest BCUT2D eigenvalue weighted by molar-refractivity contribution is 0.395. The van der Waals surface area contributed by atoms with E-state index in [1.165, 1.54) is 24.6 Å². The number of allylic oxidation sites excluding steroid dienone is 1. The Morgan fingerprint density at radius 2 is 2.42 bits per heavy atom. The van der Waals surface area contributed by atoms with Crippen LogP contribution in [0.3, 0.4) is 0 Å². The van der Waals surface area contributed by atoms with Crippen molar-refractivity contribution in [2.24, 2.45) is 5.92 Å². The second-order valence-electron chi connectivity index (χ2n) is 3.43. The highest BCUT2D eigenvalue weighted by Gasteiger charge is 2.08. The lowest BCUT2D eigenvalue weighted by atomic mass is 10.1. The fourth-order valence-electron chi connectivity index (χ4n) is 1.17. The SMILES string of the molecule is CCC(C)/C=C/CN1CCSC1. The smallest absolute Gasteiger partial charge is 0.0448 e. The summed E-state index contributed by atoms with van der Waals surface area (Å²) in [7, 11) is 0. The number of hydrogen-bond acceptors (Lipinski definition) is 2. The van der Waals surface area contributed by atoms with Gasteiger partial charge < -0.3 is 0 Å². The molecule has 0 amide bonds. The summed E-state index contributed by atoms with van der Waals surface area (Å²) in [6.07, 6.45) is 5.91. The van der Waals surface area contributed by atoms with Crippen molar-refractivity contribution in [1.82, 2.24) is 4.90 Å². The molecule has 70 valence electrons. The first-order valence-electron chi connectivity index (χ1n) is 4.79. The molecular formula is C10H19NS. The molecule has 0 saturated carbocycles. The van der Waals surface area contributed by atoms with E-state index in [0.29, 0.717) is 0 Å². The van der Waals surface area contributed by atoms with Gasteiger partial charge in [-0.1, -0.05) is 32.4 Å². The Labute approximate surface area is 80.2 Å². The van der Waals surface area contributed by atoms with Crippen LogP contribution in [0, 0.1) is 5.92 Å². The minimum Gasteiger partial charge on any atom is -0.290 e. The molecule has 0 aliphatic carbocycles. The minimum absolute atomic E-state index is 0.750. The van der Waals surface area contributed by atoms with Crippen LogP contribution in [-0.4, -0.2) is 29.6 Å². The number of nitrogens with zero attached hydrogens (tertiary/aromatic N) is 1. The van der Waals surface area contributed by atoms with Gasteiger partial charge in [-0.25, -0.2) is 0 Å². The van der Waals surface area contributed by atoms with Crippen molar-refractivity contribution < 1.29 is 0 Å². The highest BCUT2D eigenvalue weighted by molar-refractivity contribution is 7.99. The Hall–Kier alpha value is 0.0500. The average Bonchev–Trinajstić information content (AvgIpc) is 2.57. The van der Waals surface area contributed by atoms with Crippen LogP contribution >= 0.6 is 11.8 Å². The van der Waals surface area contributed by atoms with E-state index in [4.69, 9.17) is 0 Å². The molecule has 0 radical (unpaired) electrons. The summed E-state index contributed by atoms with van der Waals surface area (Å²) < 4.78 is 0. The van der Waals surface area contributed by atoms with Crippen molar-refractivity contribution in [2.75, 3.05) is 24.7 Å². The monoisotopic (exact) mass is 185 g/mol. The molecule has 1 nitrogen and oxygen atoms in total. The Morgan fingerprint density at radius 1 is 1.58 bits per heavy atom. The zero-order valence-corrected chi connectivity index (χ0v) is 8.94. The van der Waals surface area contributed by atoms with Gasteiger partial charge in [0.05, 0.1) is 0 Å². The van der Waals surface area contributed by atoms with Crippen molar-refractivity contribution in [3.8, 4) is 0 Å². The summed E-state index contributed by atoms with van der Waals surface area (Å²) in [6, 6.07) is 0. The Kier molecular flexibility index (Phi) is 4.77. The van der Waals surface area contributed by atoms with E-state index in [9.17, 15) is 0 Å². The summed E-state index contributed by atoms with van der Waals surface area (Å²) in [5.74, 6) is 3.29. The molecule has 1 rings (SSSR count). The highest BCUT2D eigenvalue weighted by atomic mass is 32.2. The van der Waals surface area contributed by atoms with E-state index in [1.807, 2.05) is 11.8 Å². The molecule has 0 aromatic heterocycles. The molecule has 1 unspecified atom stereocenters. The van der Waals surface area contributed by atoms with Crippen LogP contribution in [0.15, 0.2) is 12.2 Å². The zero-order chi connectivity index (χ0) is 8.81. The van der Waals surface area contributed by atoms with Gasteiger partial charge in [-0.2, -0.15) is 0 Å². The molecule has 1 aliphatic rings. The normalized spacial score (nSPS) is 22.2. The van der Waals surface area contributed by atoms with Crippen molar-refractivity contribution >= 4 is 11.8 Å². The maximum absolute atomic E-state index is 2.49. The predicted molar refractivity (Wildman–Crippen MR) is 57.5 cm³/mol. The zero-order valence-electron chi connectivity index (χ0n) is 8.12. The minimum atomic E-state index is 0.750. The molecule has 0 bridgehead atoms. The molecule has 1 saturated heterocycles. The summed E-state index contributed by atoms with van der Waals surface area (Å²) in [4.78, 5) is 2.49. The Balaban J connectivity index is 2.10. The molecule has 0 aromatic carbocycles. The van der Waals surface area contributed by atoms with Gasteiger partial charge in [0.2, 0.25) is 0 Å². The van der Waals surface area contributed by atoms with E-state index >= 15 is 0 Å². The predicted octanol–water partition coefficient (Wildman–Crippen LogP) is 2.60. The van der Waals surface area contributed by atoms with Crippen LogP contribution < -0.4 is 0 Å². The van der Waals surface area contributed by atoms with E-state index in [1.54, 1.807) is 0 Å². The van der Waals surface area contributed by atoms with Crippen LogP contribution in [0.4, 0.5) is 0 Å². The van der Waals surface area contributed by atoms with Gasteiger partial charge >= 0.3 is 0 Å². The summed E-state index contributed by atoms with van der Waals surface area (Å²) in [5, 5.41) is 0. The molecule has 1 fully saturated rings. The van der Waals surface area contributed by atoms with E-state index in [2.05, 4.69) is 30.9 Å². The summed E-state index contributed by atoms with van der Waals surface area (Å²) in [6.45, 7) is 6.93. The second-order valence-corrected chi connectivity index (χ2v) is 4.50. The van der Waals surface area contributed by atoms with Gasteiger partial charge in [-0.3, -0.25) is 4.90 Å². The topological polar surface area (TPSA) is 3.24 Å². The standard InChI is InChI=1S/C10H19NS/c1-3-10(2)5-4-6-11-7-8-12-9-11/h4-5,10H,3,6-9H2,1-2H3/b5-4+. The van der Waals surface area contributed by atoms with Crippen LogP contribution in [0.25, 0.3) is 0 Å². The molecule has 12 heavy (non-hydrogen) atoms. The lowest BCUT2D eigenvalue weighted by Gasteiger charge is -2.10. The third kappa shape index (κ3) is 3.63. The lowest BCUT2D eigenvalue weighted by Crippen LogP contribution is -2.19. The largest absolute Gasteiger partial charge is 0.290 e. The van der Waals surface area contributed by atoms with Crippen LogP contribution in [0.1, 0.15) is 20.3 Å². The van der Waals surface area contributed by atoms with E-state index in [0.717, 1.165) is 12.5 Å². The van der Waals surface area contributed by atoms with E-state index in [-0.39, 0.29) is 0 Å².